The minimum absolute atomic E-state index is 0.0404. The van der Waals surface area contributed by atoms with Gasteiger partial charge in [0.1, 0.15) is 18.1 Å². The topological polar surface area (TPSA) is 78.7 Å². The van der Waals surface area contributed by atoms with E-state index in [1.54, 1.807) is 29.3 Å². The minimum atomic E-state index is -1.21. The van der Waals surface area contributed by atoms with Gasteiger partial charge >= 0.3 is 6.09 Å². The summed E-state index contributed by atoms with van der Waals surface area (Å²) in [7, 11) is -1.21. The lowest BCUT2D eigenvalue weighted by Crippen LogP contribution is -2.37. The molecule has 41 heavy (non-hydrogen) atoms. The lowest BCUT2D eigenvalue weighted by molar-refractivity contribution is 0.0581. The highest BCUT2D eigenvalue weighted by Gasteiger charge is 2.29. The van der Waals surface area contributed by atoms with Crippen LogP contribution in [0.4, 0.5) is 15.0 Å². The minimum Gasteiger partial charge on any atom is -0.487 e. The average Bonchev–Trinajstić information content (AvgIpc) is 3.25. The van der Waals surface area contributed by atoms with Gasteiger partial charge in [-0.15, -0.1) is 0 Å². The van der Waals surface area contributed by atoms with Crippen LogP contribution >= 0.6 is 0 Å². The number of amides is 1. The Balaban J connectivity index is 1.58. The molecule has 2 heterocycles. The maximum Gasteiger partial charge on any atom is 0.415 e. The van der Waals surface area contributed by atoms with Gasteiger partial charge in [-0.25, -0.2) is 18.9 Å². The second kappa shape index (κ2) is 12.9. The molecule has 0 unspecified atom stereocenters. The zero-order valence-electron chi connectivity index (χ0n) is 25.6. The first-order chi connectivity index (χ1) is 19.3. The van der Waals surface area contributed by atoms with E-state index in [0.717, 1.165) is 48.3 Å². The lowest BCUT2D eigenvalue weighted by Gasteiger charge is -2.28. The van der Waals surface area contributed by atoms with Crippen LogP contribution in [0.1, 0.15) is 65.0 Å². The molecule has 10 heteroatoms. The number of carbonyl (C=O) groups is 1. The van der Waals surface area contributed by atoms with Crippen molar-refractivity contribution in [2.24, 2.45) is 0 Å². The van der Waals surface area contributed by atoms with Crippen molar-refractivity contribution in [3.63, 3.8) is 0 Å². The molecule has 224 valence electrons. The van der Waals surface area contributed by atoms with Crippen molar-refractivity contribution in [1.29, 1.82) is 0 Å². The standard InChI is InChI=1S/C31H45FN4O4Si/c1-8-35(30(37)40-31(2,3)4)28-19-24-26(20-33-28)36(21-38-17-18-41(5,6)7)34-29(24)22-13-15-23(16-14-22)39-27-12-10-9-11-25(27)32/h9-12,19-20,22-23H,8,13-18,21H2,1-7H3/t22-,23+. The lowest BCUT2D eigenvalue weighted by atomic mass is 9.84. The number of hydrogen-bond donors (Lipinski definition) is 0. The molecule has 1 aliphatic carbocycles. The molecule has 1 amide bonds. The van der Waals surface area contributed by atoms with Gasteiger partial charge in [-0.3, -0.25) is 4.90 Å². The molecule has 0 saturated heterocycles. The Hall–Kier alpha value is -2.98. The highest BCUT2D eigenvalue weighted by Crippen LogP contribution is 2.38. The fourth-order valence-electron chi connectivity index (χ4n) is 5.04. The van der Waals surface area contributed by atoms with Crippen molar-refractivity contribution < 1.29 is 23.4 Å². The molecule has 8 nitrogen and oxygen atoms in total. The summed E-state index contributed by atoms with van der Waals surface area (Å²) in [4.78, 5) is 19.2. The summed E-state index contributed by atoms with van der Waals surface area (Å²) >= 11 is 0. The van der Waals surface area contributed by atoms with Crippen molar-refractivity contribution in [2.45, 2.75) is 103 Å². The van der Waals surface area contributed by atoms with E-state index < -0.39 is 19.8 Å². The Morgan fingerprint density at radius 3 is 2.49 bits per heavy atom. The van der Waals surface area contributed by atoms with Crippen molar-refractivity contribution in [1.82, 2.24) is 14.8 Å². The number of fused-ring (bicyclic) bond motifs is 1. The monoisotopic (exact) mass is 584 g/mol. The molecule has 2 aromatic heterocycles. The number of anilines is 1. The van der Waals surface area contributed by atoms with Gasteiger partial charge in [-0.05, 0) is 77.6 Å². The first-order valence-electron chi connectivity index (χ1n) is 14.7. The number of ether oxygens (including phenoxy) is 3. The maximum atomic E-state index is 14.1. The predicted octanol–water partition coefficient (Wildman–Crippen LogP) is 7.75. The van der Waals surface area contributed by atoms with E-state index in [2.05, 4.69) is 24.6 Å². The van der Waals surface area contributed by atoms with Crippen LogP contribution in [0.15, 0.2) is 36.5 Å². The zero-order valence-corrected chi connectivity index (χ0v) is 26.6. The van der Waals surface area contributed by atoms with Crippen LogP contribution < -0.4 is 9.64 Å². The third kappa shape index (κ3) is 8.29. The number of nitrogens with zero attached hydrogens (tertiary/aromatic N) is 4. The molecule has 1 aliphatic rings. The summed E-state index contributed by atoms with van der Waals surface area (Å²) in [6, 6.07) is 9.59. The van der Waals surface area contributed by atoms with E-state index in [1.165, 1.54) is 6.07 Å². The Morgan fingerprint density at radius 1 is 1.15 bits per heavy atom. The van der Waals surface area contributed by atoms with E-state index >= 15 is 0 Å². The summed E-state index contributed by atoms with van der Waals surface area (Å²) in [5.74, 6) is 0.706. The third-order valence-electron chi connectivity index (χ3n) is 7.26. The molecule has 0 radical (unpaired) electrons. The number of benzene rings is 1. The number of carbonyl (C=O) groups excluding carboxylic acids is 1. The Bertz CT molecular complexity index is 1330. The molecule has 1 aromatic carbocycles. The summed E-state index contributed by atoms with van der Waals surface area (Å²) in [6.07, 6.45) is 4.64. The second-order valence-corrected chi connectivity index (χ2v) is 18.7. The van der Waals surface area contributed by atoms with Gasteiger partial charge in [0, 0.05) is 32.5 Å². The Kier molecular flexibility index (Phi) is 9.74. The van der Waals surface area contributed by atoms with E-state index in [4.69, 9.17) is 19.3 Å². The van der Waals surface area contributed by atoms with Crippen LogP contribution in [0.2, 0.25) is 25.7 Å². The number of aromatic nitrogens is 3. The van der Waals surface area contributed by atoms with Crippen molar-refractivity contribution in [3.05, 3.63) is 48.0 Å². The largest absolute Gasteiger partial charge is 0.487 e. The SMILES string of the molecule is CCN(C(=O)OC(C)(C)C)c1cc2c(cn1)n(COCC[Si](C)(C)C)nc2[C@H]1CC[C@@H](Oc2ccccc2F)CC1. The summed E-state index contributed by atoms with van der Waals surface area (Å²) in [6.45, 7) is 15.9. The van der Waals surface area contributed by atoms with Crippen LogP contribution in [-0.4, -0.2) is 53.8 Å². The number of hydrogen-bond acceptors (Lipinski definition) is 6. The van der Waals surface area contributed by atoms with Crippen molar-refractivity contribution in [3.8, 4) is 5.75 Å². The summed E-state index contributed by atoms with van der Waals surface area (Å²) in [5, 5.41) is 5.99. The maximum absolute atomic E-state index is 14.1. The quantitative estimate of drug-likeness (QED) is 0.179. The number of halogens is 1. The molecule has 0 N–H and O–H groups in total. The van der Waals surface area contributed by atoms with Gasteiger partial charge < -0.3 is 14.2 Å². The van der Waals surface area contributed by atoms with E-state index in [9.17, 15) is 9.18 Å². The van der Waals surface area contributed by atoms with Crippen molar-refractivity contribution in [2.75, 3.05) is 18.1 Å². The normalized spacial score (nSPS) is 18.0. The zero-order chi connectivity index (χ0) is 29.8. The number of para-hydroxylation sites is 1. The molecule has 1 fully saturated rings. The summed E-state index contributed by atoms with van der Waals surface area (Å²) in [5.41, 5.74) is 1.24. The number of rotatable bonds is 10. The van der Waals surface area contributed by atoms with Gasteiger partial charge in [0.2, 0.25) is 0 Å². The van der Waals surface area contributed by atoms with Gasteiger partial charge in [0.25, 0.3) is 0 Å². The Morgan fingerprint density at radius 2 is 1.85 bits per heavy atom. The fourth-order valence-corrected chi connectivity index (χ4v) is 5.80. The molecule has 0 bridgehead atoms. The van der Waals surface area contributed by atoms with Gasteiger partial charge in [-0.1, -0.05) is 31.8 Å². The summed E-state index contributed by atoms with van der Waals surface area (Å²) < 4.78 is 33.7. The molecule has 0 aliphatic heterocycles. The molecule has 0 spiro atoms. The van der Waals surface area contributed by atoms with Crippen LogP contribution in [0.3, 0.4) is 0 Å². The molecular weight excluding hydrogens is 539 g/mol. The smallest absolute Gasteiger partial charge is 0.415 e. The van der Waals surface area contributed by atoms with Gasteiger partial charge in [0.15, 0.2) is 11.6 Å². The van der Waals surface area contributed by atoms with Crippen LogP contribution in [0.25, 0.3) is 10.9 Å². The van der Waals surface area contributed by atoms with Crippen LogP contribution in [0, 0.1) is 5.82 Å². The molecule has 4 rings (SSSR count). The average molecular weight is 585 g/mol. The highest BCUT2D eigenvalue weighted by atomic mass is 28.3. The molecule has 0 atom stereocenters. The van der Waals surface area contributed by atoms with Gasteiger partial charge in [0.05, 0.1) is 23.5 Å². The predicted molar refractivity (Wildman–Crippen MR) is 163 cm³/mol. The first kappa shape index (κ1) is 31.0. The molecule has 3 aromatic rings. The fraction of sp³-hybridized carbons (Fsp3) is 0.581. The highest BCUT2D eigenvalue weighted by molar-refractivity contribution is 6.76. The first-order valence-corrected chi connectivity index (χ1v) is 18.4. The van der Waals surface area contributed by atoms with Gasteiger partial charge in [-0.2, -0.15) is 5.10 Å². The van der Waals surface area contributed by atoms with E-state index in [0.29, 0.717) is 31.4 Å². The molecule has 1 saturated carbocycles. The van der Waals surface area contributed by atoms with E-state index in [1.807, 2.05) is 38.4 Å². The van der Waals surface area contributed by atoms with Crippen molar-refractivity contribution >= 4 is 30.9 Å². The van der Waals surface area contributed by atoms with Crippen LogP contribution in [0.5, 0.6) is 5.75 Å². The Labute approximate surface area is 244 Å². The second-order valence-electron chi connectivity index (χ2n) is 13.0. The van der Waals surface area contributed by atoms with Crippen LogP contribution in [-0.2, 0) is 16.2 Å². The van der Waals surface area contributed by atoms with E-state index in [-0.39, 0.29) is 17.8 Å². The third-order valence-corrected chi connectivity index (χ3v) is 8.96. The molecular formula is C31H45FN4O4Si. The number of pyridine rings is 1.